The van der Waals surface area contributed by atoms with Gasteiger partial charge in [-0.25, -0.2) is 12.4 Å². The number of halogens is 1. The smallest absolute Gasteiger partial charge is 0.244 e. The van der Waals surface area contributed by atoms with Gasteiger partial charge >= 0.3 is 0 Å². The molecule has 26 heavy (non-hydrogen) atoms. The fourth-order valence-electron chi connectivity index (χ4n) is 2.59. The van der Waals surface area contributed by atoms with Crippen molar-refractivity contribution in [2.24, 2.45) is 0 Å². The van der Waals surface area contributed by atoms with E-state index in [1.807, 2.05) is 6.07 Å². The summed E-state index contributed by atoms with van der Waals surface area (Å²) in [5, 5.41) is 10.1. The van der Waals surface area contributed by atoms with Crippen molar-refractivity contribution >= 4 is 44.3 Å². The molecule has 132 valence electrons. The number of nitrogens with zero attached hydrogens (tertiary/aromatic N) is 4. The number of hydrogen-bond acceptors (Lipinski definition) is 6. The Balaban J connectivity index is 1.78. The van der Waals surface area contributed by atoms with E-state index in [4.69, 9.17) is 11.6 Å². The Morgan fingerprint density at radius 2 is 1.92 bits per heavy atom. The van der Waals surface area contributed by atoms with Crippen molar-refractivity contribution in [3.8, 4) is 0 Å². The molecular weight excluding hydrogens is 376 g/mol. The summed E-state index contributed by atoms with van der Waals surface area (Å²) >= 11 is 6.01. The zero-order chi connectivity index (χ0) is 18.1. The van der Waals surface area contributed by atoms with E-state index in [1.165, 1.54) is 6.20 Å². The first-order chi connectivity index (χ1) is 12.5. The van der Waals surface area contributed by atoms with E-state index in [2.05, 4.69) is 25.5 Å². The molecule has 4 aromatic rings. The number of hydrogen-bond donors (Lipinski definition) is 2. The van der Waals surface area contributed by atoms with Gasteiger partial charge in [0, 0.05) is 12.3 Å². The lowest BCUT2D eigenvalue weighted by Crippen LogP contribution is -2.14. The Morgan fingerprint density at radius 3 is 2.65 bits per heavy atom. The van der Waals surface area contributed by atoms with Crippen molar-refractivity contribution in [2.75, 3.05) is 5.32 Å². The summed E-state index contributed by atoms with van der Waals surface area (Å²) in [4.78, 5) is 8.25. The minimum Gasteiger partial charge on any atom is -0.325 e. The zero-order valence-corrected chi connectivity index (χ0v) is 14.9. The van der Waals surface area contributed by atoms with Crippen LogP contribution in [0, 0.1) is 0 Å². The van der Waals surface area contributed by atoms with Crippen LogP contribution < -0.4 is 5.32 Å². The maximum absolute atomic E-state index is 12.8. The molecule has 0 fully saturated rings. The van der Waals surface area contributed by atoms with Crippen molar-refractivity contribution in [1.82, 2.24) is 24.1 Å². The fourth-order valence-corrected chi connectivity index (χ4v) is 4.16. The van der Waals surface area contributed by atoms with Gasteiger partial charge in [0.05, 0.1) is 17.3 Å². The van der Waals surface area contributed by atoms with Crippen LogP contribution in [0.3, 0.4) is 0 Å². The maximum Gasteiger partial charge on any atom is 0.244 e. The molecule has 0 atom stereocenters. The van der Waals surface area contributed by atoms with Crippen LogP contribution in [-0.4, -0.2) is 32.6 Å². The lowest BCUT2D eigenvalue weighted by molar-refractivity contribution is 0.588. The quantitative estimate of drug-likeness (QED) is 0.509. The summed E-state index contributed by atoms with van der Waals surface area (Å²) in [7, 11) is -3.67. The predicted molar refractivity (Wildman–Crippen MR) is 98.9 cm³/mol. The molecule has 4 rings (SSSR count). The molecule has 0 saturated heterocycles. The molecule has 0 spiro atoms. The molecule has 3 heterocycles. The van der Waals surface area contributed by atoms with Crippen LogP contribution in [0.1, 0.15) is 5.56 Å². The van der Waals surface area contributed by atoms with Crippen LogP contribution in [0.4, 0.5) is 11.6 Å². The van der Waals surface area contributed by atoms with Crippen molar-refractivity contribution in [1.29, 1.82) is 0 Å². The third kappa shape index (κ3) is 3.14. The molecule has 0 aliphatic carbocycles. The Bertz CT molecular complexity index is 1160. The first-order valence-corrected chi connectivity index (χ1v) is 9.60. The predicted octanol–water partition coefficient (Wildman–Crippen LogP) is 2.93. The van der Waals surface area contributed by atoms with Gasteiger partial charge < -0.3 is 5.32 Å². The van der Waals surface area contributed by atoms with Gasteiger partial charge in [-0.05, 0) is 23.2 Å². The Hall–Kier alpha value is -2.91. The average molecular weight is 389 g/mol. The van der Waals surface area contributed by atoms with E-state index >= 15 is 0 Å². The highest BCUT2D eigenvalue weighted by Crippen LogP contribution is 2.27. The zero-order valence-electron chi connectivity index (χ0n) is 13.3. The molecule has 2 N–H and O–H groups in total. The molecule has 1 aromatic carbocycles. The van der Waals surface area contributed by atoms with E-state index in [-0.39, 0.29) is 16.7 Å². The molecular formula is C16H13ClN6O2S. The van der Waals surface area contributed by atoms with Gasteiger partial charge in [0.1, 0.15) is 11.6 Å². The molecule has 0 unspecified atom stereocenters. The topological polar surface area (TPSA) is 106 Å². The van der Waals surface area contributed by atoms with E-state index < -0.39 is 10.0 Å². The lowest BCUT2D eigenvalue weighted by atomic mass is 10.2. The van der Waals surface area contributed by atoms with E-state index in [0.29, 0.717) is 22.6 Å². The number of rotatable bonds is 5. The third-order valence-corrected chi connectivity index (χ3v) is 5.49. The largest absolute Gasteiger partial charge is 0.325 e. The summed E-state index contributed by atoms with van der Waals surface area (Å²) in [6.45, 7) is 0. The highest BCUT2D eigenvalue weighted by Gasteiger charge is 2.20. The number of H-pyrrole nitrogens is 1. The van der Waals surface area contributed by atoms with Crippen LogP contribution in [0.5, 0.6) is 0 Å². The molecule has 0 bridgehead atoms. The van der Waals surface area contributed by atoms with Crippen molar-refractivity contribution < 1.29 is 8.42 Å². The van der Waals surface area contributed by atoms with Crippen LogP contribution >= 0.6 is 11.6 Å². The number of aromatic nitrogens is 5. The van der Waals surface area contributed by atoms with E-state index in [1.54, 1.807) is 42.6 Å². The highest BCUT2D eigenvalue weighted by molar-refractivity contribution is 7.89. The Labute approximate surface area is 153 Å². The van der Waals surface area contributed by atoms with Crippen molar-refractivity contribution in [3.63, 3.8) is 0 Å². The molecule has 8 nitrogen and oxygen atoms in total. The van der Waals surface area contributed by atoms with Gasteiger partial charge in [-0.3, -0.25) is 5.10 Å². The SMILES string of the molecule is O=S(=O)(Cc1ccccc1)n1ccc2c(Nc3ccn[nH]3)nc(Cl)nc21. The molecule has 0 aliphatic rings. The monoisotopic (exact) mass is 388 g/mol. The normalized spacial score (nSPS) is 11.7. The minimum absolute atomic E-state index is 0.0608. The van der Waals surface area contributed by atoms with Gasteiger partial charge in [-0.15, -0.1) is 0 Å². The molecule has 3 aromatic heterocycles. The van der Waals surface area contributed by atoms with Crippen LogP contribution in [-0.2, 0) is 15.8 Å². The molecule has 10 heteroatoms. The average Bonchev–Trinajstić information content (AvgIpc) is 3.25. The summed E-state index contributed by atoms with van der Waals surface area (Å²) in [6.07, 6.45) is 3.03. The van der Waals surface area contributed by atoms with Gasteiger partial charge in [0.25, 0.3) is 0 Å². The third-order valence-electron chi connectivity index (χ3n) is 3.73. The number of fused-ring (bicyclic) bond motifs is 1. The van der Waals surface area contributed by atoms with Crippen LogP contribution in [0.15, 0.2) is 54.9 Å². The number of anilines is 2. The molecule has 0 radical (unpaired) electrons. The standard InChI is InChI=1S/C16H13ClN6O2S/c17-16-20-14(19-13-6-8-18-22-13)12-7-9-23(15(12)21-16)26(24,25)10-11-4-2-1-3-5-11/h1-9H,10H2,(H2,18,19,20,21,22). The maximum atomic E-state index is 12.8. The first-order valence-electron chi connectivity index (χ1n) is 7.61. The molecule has 0 aliphatic heterocycles. The number of benzene rings is 1. The van der Waals surface area contributed by atoms with E-state index in [0.717, 1.165) is 3.97 Å². The summed E-state index contributed by atoms with van der Waals surface area (Å²) in [5.41, 5.74) is 0.897. The number of aromatic amines is 1. The summed E-state index contributed by atoms with van der Waals surface area (Å²) in [5.74, 6) is 0.835. The Morgan fingerprint density at radius 1 is 1.12 bits per heavy atom. The van der Waals surface area contributed by atoms with Gasteiger partial charge in [0.15, 0.2) is 5.65 Å². The van der Waals surface area contributed by atoms with Crippen molar-refractivity contribution in [2.45, 2.75) is 5.75 Å². The second kappa shape index (κ2) is 6.43. The minimum atomic E-state index is -3.67. The van der Waals surface area contributed by atoms with Gasteiger partial charge in [0.2, 0.25) is 15.3 Å². The first kappa shape index (κ1) is 16.6. The van der Waals surface area contributed by atoms with Crippen LogP contribution in [0.2, 0.25) is 5.28 Å². The summed E-state index contributed by atoms with van der Waals surface area (Å²) < 4.78 is 26.8. The summed E-state index contributed by atoms with van der Waals surface area (Å²) in [6, 6.07) is 12.3. The fraction of sp³-hybridized carbons (Fsp3) is 0.0625. The molecule has 0 saturated carbocycles. The second-order valence-corrected chi connectivity index (χ2v) is 7.71. The number of nitrogens with one attached hydrogen (secondary N) is 2. The second-order valence-electron chi connectivity index (χ2n) is 5.53. The highest BCUT2D eigenvalue weighted by atomic mass is 35.5. The Kier molecular flexibility index (Phi) is 4.09. The van der Waals surface area contributed by atoms with E-state index in [9.17, 15) is 8.42 Å². The molecule has 0 amide bonds. The lowest BCUT2D eigenvalue weighted by Gasteiger charge is -2.09. The van der Waals surface area contributed by atoms with Crippen LogP contribution in [0.25, 0.3) is 11.0 Å². The van der Waals surface area contributed by atoms with Crippen molar-refractivity contribution in [3.05, 3.63) is 65.7 Å². The van der Waals surface area contributed by atoms with Gasteiger partial charge in [-0.2, -0.15) is 15.1 Å². The van der Waals surface area contributed by atoms with Gasteiger partial charge in [-0.1, -0.05) is 30.3 Å².